The molecule has 0 unspecified atom stereocenters. The Morgan fingerprint density at radius 2 is 1.90 bits per heavy atom. The third kappa shape index (κ3) is 4.27. The fourth-order valence-corrected chi connectivity index (χ4v) is 5.29. The Labute approximate surface area is 195 Å². The summed E-state index contributed by atoms with van der Waals surface area (Å²) in [6, 6.07) is 9.60. The number of carboxylic acids is 1. The zero-order valence-corrected chi connectivity index (χ0v) is 19.5. The number of halogens is 4. The van der Waals surface area contributed by atoms with Crippen molar-refractivity contribution in [2.24, 2.45) is 5.41 Å². The predicted octanol–water partition coefficient (Wildman–Crippen LogP) is 6.19. The van der Waals surface area contributed by atoms with E-state index in [2.05, 4.69) is 11.4 Å². The van der Waals surface area contributed by atoms with Crippen molar-refractivity contribution in [3.8, 4) is 6.07 Å². The number of hydrogen-bond donors (Lipinski definition) is 2. The van der Waals surface area contributed by atoms with Crippen LogP contribution in [0.3, 0.4) is 0 Å². The molecule has 0 aliphatic carbocycles. The van der Waals surface area contributed by atoms with Crippen LogP contribution in [0.5, 0.6) is 0 Å². The van der Waals surface area contributed by atoms with E-state index in [1.807, 2.05) is 20.8 Å². The molecular formula is C23H22Cl3FN2O2. The lowest BCUT2D eigenvalue weighted by atomic mass is 9.63. The summed E-state index contributed by atoms with van der Waals surface area (Å²) in [5, 5.41) is 24.2. The van der Waals surface area contributed by atoms with Crippen molar-refractivity contribution >= 4 is 40.8 Å². The van der Waals surface area contributed by atoms with Gasteiger partial charge in [-0.1, -0.05) is 73.8 Å². The third-order valence-electron chi connectivity index (χ3n) is 5.72. The lowest BCUT2D eigenvalue weighted by Gasteiger charge is -2.37. The number of carbonyl (C=O) groups is 1. The average molecular weight is 484 g/mol. The fourth-order valence-electron chi connectivity index (χ4n) is 4.54. The van der Waals surface area contributed by atoms with Gasteiger partial charge in [-0.25, -0.2) is 4.39 Å². The first-order chi connectivity index (χ1) is 14.4. The van der Waals surface area contributed by atoms with E-state index in [9.17, 15) is 15.2 Å². The molecule has 3 rings (SSSR count). The fraction of sp³-hybridized carbons (Fsp3) is 0.391. The predicted molar refractivity (Wildman–Crippen MR) is 120 cm³/mol. The van der Waals surface area contributed by atoms with Crippen LogP contribution in [-0.2, 0) is 10.2 Å². The second-order valence-corrected chi connectivity index (χ2v) is 10.3. The molecule has 2 aromatic carbocycles. The molecule has 2 N–H and O–H groups in total. The van der Waals surface area contributed by atoms with E-state index in [0.717, 1.165) is 0 Å². The van der Waals surface area contributed by atoms with Crippen LogP contribution in [-0.4, -0.2) is 23.2 Å². The molecule has 0 bridgehead atoms. The van der Waals surface area contributed by atoms with Crippen LogP contribution in [0.15, 0.2) is 36.4 Å². The second kappa shape index (κ2) is 8.60. The molecule has 4 nitrogen and oxygen atoms in total. The number of benzene rings is 2. The van der Waals surface area contributed by atoms with Gasteiger partial charge < -0.3 is 5.11 Å². The van der Waals surface area contributed by atoms with Crippen LogP contribution >= 0.6 is 34.8 Å². The maximum Gasteiger partial charge on any atom is 0.321 e. The second-order valence-electron chi connectivity index (χ2n) is 9.03. The number of aliphatic carboxylic acids is 1. The minimum absolute atomic E-state index is 0.0522. The molecule has 1 saturated heterocycles. The Kier molecular flexibility index (Phi) is 6.60. The largest absolute Gasteiger partial charge is 0.480 e. The van der Waals surface area contributed by atoms with Crippen molar-refractivity contribution < 1.29 is 14.3 Å². The zero-order valence-electron chi connectivity index (χ0n) is 17.2. The van der Waals surface area contributed by atoms with E-state index in [4.69, 9.17) is 34.8 Å². The summed E-state index contributed by atoms with van der Waals surface area (Å²) in [4.78, 5) is 12.3. The summed E-state index contributed by atoms with van der Waals surface area (Å²) < 4.78 is 15.2. The van der Waals surface area contributed by atoms with Gasteiger partial charge in [-0.3, -0.25) is 10.1 Å². The van der Waals surface area contributed by atoms with E-state index in [1.165, 1.54) is 18.2 Å². The van der Waals surface area contributed by atoms with Gasteiger partial charge in [-0.15, -0.1) is 0 Å². The zero-order chi connectivity index (χ0) is 23.1. The van der Waals surface area contributed by atoms with Gasteiger partial charge in [0.25, 0.3) is 0 Å². The standard InChI is InChI=1S/C23H22Cl3FN2O2/c1-22(2,3)10-17-23(11-28,14-8-7-12(24)9-16(14)26)18(20(29-17)21(30)31)13-5-4-6-15(25)19(13)27/h4-9,17-18,20,29H,10H2,1-3H3,(H,30,31)/t17-,18-,20+,23-/m0/s1. The molecule has 1 fully saturated rings. The summed E-state index contributed by atoms with van der Waals surface area (Å²) in [5.41, 5.74) is -1.29. The van der Waals surface area contributed by atoms with Crippen molar-refractivity contribution in [2.75, 3.05) is 0 Å². The van der Waals surface area contributed by atoms with Gasteiger partial charge in [0.05, 0.1) is 11.1 Å². The van der Waals surface area contributed by atoms with Gasteiger partial charge in [0.2, 0.25) is 0 Å². The molecule has 4 atom stereocenters. The maximum atomic E-state index is 15.2. The van der Waals surface area contributed by atoms with Crippen LogP contribution in [0.1, 0.15) is 44.2 Å². The molecule has 31 heavy (non-hydrogen) atoms. The number of hydrogen-bond acceptors (Lipinski definition) is 3. The summed E-state index contributed by atoms with van der Waals surface area (Å²) in [6.45, 7) is 5.97. The van der Waals surface area contributed by atoms with E-state index >= 15 is 4.39 Å². The number of rotatable bonds is 4. The lowest BCUT2D eigenvalue weighted by Crippen LogP contribution is -2.44. The maximum absolute atomic E-state index is 15.2. The molecule has 0 saturated carbocycles. The summed E-state index contributed by atoms with van der Waals surface area (Å²) in [6.07, 6.45) is 0.446. The Morgan fingerprint density at radius 3 is 2.45 bits per heavy atom. The van der Waals surface area contributed by atoms with Crippen molar-refractivity contribution in [3.63, 3.8) is 0 Å². The molecule has 1 heterocycles. The van der Waals surface area contributed by atoms with Gasteiger partial charge in [0, 0.05) is 22.0 Å². The number of nitriles is 1. The first-order valence-electron chi connectivity index (χ1n) is 9.72. The van der Waals surface area contributed by atoms with Crippen LogP contribution in [0.2, 0.25) is 15.1 Å². The highest BCUT2D eigenvalue weighted by Crippen LogP contribution is 2.53. The molecule has 0 radical (unpaired) electrons. The van der Waals surface area contributed by atoms with Gasteiger partial charge >= 0.3 is 5.97 Å². The molecular weight excluding hydrogens is 462 g/mol. The Morgan fingerprint density at radius 1 is 1.23 bits per heavy atom. The number of nitrogens with one attached hydrogen (secondary N) is 1. The molecule has 1 aliphatic rings. The Balaban J connectivity index is 2.38. The molecule has 164 valence electrons. The van der Waals surface area contributed by atoms with E-state index in [0.29, 0.717) is 17.0 Å². The van der Waals surface area contributed by atoms with Crippen molar-refractivity contribution in [1.29, 1.82) is 5.26 Å². The van der Waals surface area contributed by atoms with Crippen molar-refractivity contribution in [1.82, 2.24) is 5.32 Å². The first kappa shape index (κ1) is 23.8. The molecule has 2 aromatic rings. The number of nitrogens with zero attached hydrogens (tertiary/aromatic N) is 1. The van der Waals surface area contributed by atoms with Crippen LogP contribution in [0.4, 0.5) is 4.39 Å². The molecule has 0 aromatic heterocycles. The average Bonchev–Trinajstić information content (AvgIpc) is 2.97. The topological polar surface area (TPSA) is 73.1 Å². The highest BCUT2D eigenvalue weighted by Gasteiger charge is 2.61. The summed E-state index contributed by atoms with van der Waals surface area (Å²) >= 11 is 18.6. The van der Waals surface area contributed by atoms with Gasteiger partial charge in [0.15, 0.2) is 0 Å². The minimum atomic E-state index is -1.48. The Bertz CT molecular complexity index is 1060. The summed E-state index contributed by atoms with van der Waals surface area (Å²) in [5.74, 6) is -3.02. The smallest absolute Gasteiger partial charge is 0.321 e. The summed E-state index contributed by atoms with van der Waals surface area (Å²) in [7, 11) is 0. The van der Waals surface area contributed by atoms with E-state index < -0.39 is 35.2 Å². The minimum Gasteiger partial charge on any atom is -0.480 e. The third-order valence-corrected chi connectivity index (χ3v) is 6.55. The van der Waals surface area contributed by atoms with Crippen LogP contribution < -0.4 is 5.32 Å². The van der Waals surface area contributed by atoms with Gasteiger partial charge in [0.1, 0.15) is 17.3 Å². The van der Waals surface area contributed by atoms with Gasteiger partial charge in [-0.05, 0) is 41.2 Å². The lowest BCUT2D eigenvalue weighted by molar-refractivity contribution is -0.139. The Hall–Kier alpha value is -1.84. The SMILES string of the molecule is CC(C)(C)C[C@@H]1N[C@@H](C(=O)O)[C@H](c2cccc(Cl)c2F)[C@@]1(C#N)c1ccc(Cl)cc1Cl. The molecule has 8 heteroatoms. The molecule has 1 aliphatic heterocycles. The highest BCUT2D eigenvalue weighted by molar-refractivity contribution is 6.35. The monoisotopic (exact) mass is 482 g/mol. The van der Waals surface area contributed by atoms with Crippen molar-refractivity contribution in [2.45, 2.75) is 50.6 Å². The van der Waals surface area contributed by atoms with E-state index in [-0.39, 0.29) is 21.0 Å². The number of carboxylic acid groups (broad SMARTS) is 1. The van der Waals surface area contributed by atoms with Crippen molar-refractivity contribution in [3.05, 3.63) is 68.4 Å². The molecule has 0 amide bonds. The highest BCUT2D eigenvalue weighted by atomic mass is 35.5. The quantitative estimate of drug-likeness (QED) is 0.543. The first-order valence-corrected chi connectivity index (χ1v) is 10.9. The van der Waals surface area contributed by atoms with Crippen LogP contribution in [0.25, 0.3) is 0 Å². The van der Waals surface area contributed by atoms with Crippen LogP contribution in [0, 0.1) is 22.6 Å². The molecule has 0 spiro atoms. The normalized spacial score (nSPS) is 25.9. The van der Waals surface area contributed by atoms with E-state index in [1.54, 1.807) is 18.2 Å². The van der Waals surface area contributed by atoms with Gasteiger partial charge in [-0.2, -0.15) is 5.26 Å².